The van der Waals surface area contributed by atoms with Gasteiger partial charge in [0.1, 0.15) is 0 Å². The van der Waals surface area contributed by atoms with E-state index in [1.165, 1.54) is 0 Å². The molecular formula is H5CsMgO4S. The molecule has 0 spiro atoms. The molecule has 7 heteroatoms. The van der Waals surface area contributed by atoms with Crippen molar-refractivity contribution in [2.24, 2.45) is 0 Å². The second-order valence-corrected chi connectivity index (χ2v) is 1.34. The minimum atomic E-state index is -4.67. The van der Waals surface area contributed by atoms with Gasteiger partial charge in [-0.2, -0.15) is 8.42 Å². The van der Waals surface area contributed by atoms with Gasteiger partial charge >= 0.3 is 102 Å². The number of hydrogen-bond donors (Lipinski definition) is 2. The van der Waals surface area contributed by atoms with E-state index < -0.39 is 10.4 Å². The van der Waals surface area contributed by atoms with Crippen LogP contribution in [0.5, 0.6) is 0 Å². The monoisotopic (exact) mass is 258 g/mol. The molecule has 0 heterocycles. The fourth-order valence-corrected chi connectivity index (χ4v) is 0. The van der Waals surface area contributed by atoms with Gasteiger partial charge in [0.15, 0.2) is 0 Å². The van der Waals surface area contributed by atoms with Gasteiger partial charge in [-0.15, -0.1) is 0 Å². The van der Waals surface area contributed by atoms with E-state index >= 15 is 0 Å². The molecule has 38 valence electrons. The van der Waals surface area contributed by atoms with Crippen molar-refractivity contribution < 1.29 is 17.5 Å². The van der Waals surface area contributed by atoms with Crippen LogP contribution in [0.15, 0.2) is 0 Å². The van der Waals surface area contributed by atoms with Crippen molar-refractivity contribution in [3.8, 4) is 0 Å². The molecule has 0 aromatic rings. The zero-order valence-electron chi connectivity index (χ0n) is 2.12. The average molecular weight is 258 g/mol. The summed E-state index contributed by atoms with van der Waals surface area (Å²) >= 11 is 0. The Kier molecular flexibility index (Phi) is 15.9. The second-order valence-electron chi connectivity index (χ2n) is 0.448. The van der Waals surface area contributed by atoms with E-state index in [-0.39, 0.29) is 91.9 Å². The topological polar surface area (TPSA) is 74.6 Å². The van der Waals surface area contributed by atoms with Gasteiger partial charge in [-0.05, 0) is 0 Å². The van der Waals surface area contributed by atoms with Crippen molar-refractivity contribution in [2.75, 3.05) is 0 Å². The fraction of sp³-hybridized carbons (Fsp3) is 0. The van der Waals surface area contributed by atoms with Crippen LogP contribution in [0.25, 0.3) is 0 Å². The molecule has 2 N–H and O–H groups in total. The molecular weight excluding hydrogens is 253 g/mol. The zero-order valence-corrected chi connectivity index (χ0v) is 2.94. The van der Waals surface area contributed by atoms with Crippen LogP contribution in [0.3, 0.4) is 0 Å². The Morgan fingerprint density at radius 1 is 1.14 bits per heavy atom. The van der Waals surface area contributed by atoms with Crippen LogP contribution in [-0.4, -0.2) is 109 Å². The van der Waals surface area contributed by atoms with Crippen molar-refractivity contribution in [3.63, 3.8) is 0 Å². The maximum Gasteiger partial charge on any atom is 0.316 e. The quantitative estimate of drug-likeness (QED) is 0.381. The smallest absolute Gasteiger partial charge is 0.316 e. The second kappa shape index (κ2) is 6.80. The Balaban J connectivity index is -0.0000000800. The fourth-order valence-electron chi connectivity index (χ4n) is 0. The molecule has 4 nitrogen and oxygen atoms in total. The van der Waals surface area contributed by atoms with E-state index in [4.69, 9.17) is 17.5 Å². The van der Waals surface area contributed by atoms with Gasteiger partial charge in [-0.25, -0.2) is 0 Å². The third kappa shape index (κ3) is 53.8. The summed E-state index contributed by atoms with van der Waals surface area (Å²) in [7, 11) is -4.67. The summed E-state index contributed by atoms with van der Waals surface area (Å²) in [6.07, 6.45) is 0. The Labute approximate surface area is 117 Å². The van der Waals surface area contributed by atoms with Crippen LogP contribution >= 0.6 is 0 Å². The molecule has 0 rings (SSSR count). The molecule has 0 aliphatic heterocycles. The Morgan fingerprint density at radius 2 is 1.14 bits per heavy atom. The molecule has 0 radical (unpaired) electrons. The maximum absolute atomic E-state index is 8.74. The molecule has 0 aliphatic rings. The molecule has 0 fully saturated rings. The zero-order chi connectivity index (χ0) is 4.50. The van der Waals surface area contributed by atoms with E-state index in [0.29, 0.717) is 0 Å². The third-order valence-electron chi connectivity index (χ3n) is 0. The van der Waals surface area contributed by atoms with Crippen LogP contribution in [-0.2, 0) is 10.4 Å². The van der Waals surface area contributed by atoms with Crippen LogP contribution in [0.1, 0.15) is 0 Å². The maximum atomic E-state index is 8.74. The Bertz CT molecular complexity index is 94.9. The summed E-state index contributed by atoms with van der Waals surface area (Å²) in [5.74, 6) is 0. The molecule has 0 amide bonds. The summed E-state index contributed by atoms with van der Waals surface area (Å²) in [4.78, 5) is 0. The molecule has 0 bridgehead atoms. The standard InChI is InChI=1S/Cs.Mg.H2O4S.3H/c;;1-5(2,3)4;;;/h;;(H2,1,2,3,4);;;. The molecule has 0 saturated carbocycles. The third-order valence-corrected chi connectivity index (χ3v) is 0. The van der Waals surface area contributed by atoms with Gasteiger partial charge in [0.25, 0.3) is 0 Å². The summed E-state index contributed by atoms with van der Waals surface area (Å²) < 4.78 is 31.6. The largest absolute Gasteiger partial charge is 0.316 e. The van der Waals surface area contributed by atoms with Gasteiger partial charge in [0.05, 0.1) is 0 Å². The van der Waals surface area contributed by atoms with Crippen LogP contribution in [0, 0.1) is 0 Å². The SMILES string of the molecule is O=S(=O)(O)O.[CsH].[MgH2]. The number of hydrogen-bond acceptors (Lipinski definition) is 2. The van der Waals surface area contributed by atoms with Crippen molar-refractivity contribution in [3.05, 3.63) is 0 Å². The van der Waals surface area contributed by atoms with Crippen molar-refractivity contribution >= 4 is 102 Å². The van der Waals surface area contributed by atoms with Crippen molar-refractivity contribution in [2.45, 2.75) is 0 Å². The Hall–Kier alpha value is 2.69. The first-order valence-electron chi connectivity index (χ1n) is 0.698. The molecule has 0 atom stereocenters. The van der Waals surface area contributed by atoms with Crippen LogP contribution in [0.2, 0.25) is 0 Å². The van der Waals surface area contributed by atoms with E-state index in [0.717, 1.165) is 0 Å². The first-order valence-corrected chi connectivity index (χ1v) is 2.10. The molecule has 0 aromatic carbocycles. The molecule has 7 heavy (non-hydrogen) atoms. The molecule has 0 saturated heterocycles. The predicted molar refractivity (Wildman–Crippen MR) is 29.9 cm³/mol. The van der Waals surface area contributed by atoms with Gasteiger partial charge < -0.3 is 0 Å². The van der Waals surface area contributed by atoms with E-state index in [1.54, 1.807) is 0 Å². The number of rotatable bonds is 0. The molecule has 0 aromatic heterocycles. The minimum Gasteiger partial charge on any atom is 0.316 e. The Morgan fingerprint density at radius 3 is 1.14 bits per heavy atom. The summed E-state index contributed by atoms with van der Waals surface area (Å²) in [5.41, 5.74) is 0. The van der Waals surface area contributed by atoms with Crippen LogP contribution < -0.4 is 0 Å². The van der Waals surface area contributed by atoms with Crippen LogP contribution in [0.4, 0.5) is 0 Å². The van der Waals surface area contributed by atoms with Crippen molar-refractivity contribution in [1.82, 2.24) is 0 Å². The molecule has 0 aliphatic carbocycles. The van der Waals surface area contributed by atoms with Crippen molar-refractivity contribution in [1.29, 1.82) is 0 Å². The van der Waals surface area contributed by atoms with Gasteiger partial charge in [-0.3, -0.25) is 9.11 Å². The van der Waals surface area contributed by atoms with Gasteiger partial charge in [0, 0.05) is 0 Å². The van der Waals surface area contributed by atoms with Gasteiger partial charge in [0.2, 0.25) is 0 Å². The normalized spacial score (nSPS) is 8.29. The van der Waals surface area contributed by atoms with E-state index in [2.05, 4.69) is 0 Å². The van der Waals surface area contributed by atoms with Gasteiger partial charge in [-0.1, -0.05) is 0 Å². The summed E-state index contributed by atoms with van der Waals surface area (Å²) in [5, 5.41) is 0. The summed E-state index contributed by atoms with van der Waals surface area (Å²) in [6.45, 7) is 0. The van der Waals surface area contributed by atoms with E-state index in [1.807, 2.05) is 0 Å². The first kappa shape index (κ1) is 16.3. The summed E-state index contributed by atoms with van der Waals surface area (Å²) in [6, 6.07) is 0. The van der Waals surface area contributed by atoms with E-state index in [9.17, 15) is 0 Å². The first-order chi connectivity index (χ1) is 2.00. The predicted octanol–water partition coefficient (Wildman–Crippen LogP) is -2.22. The molecule has 0 unspecified atom stereocenters. The minimum absolute atomic E-state index is 0. The average Bonchev–Trinajstić information content (AvgIpc) is 0.722.